The van der Waals surface area contributed by atoms with Gasteiger partial charge in [-0.2, -0.15) is 0 Å². The van der Waals surface area contributed by atoms with E-state index in [2.05, 4.69) is 9.59 Å². The zero-order chi connectivity index (χ0) is 6.85. The number of nitrogens with two attached hydrogens (primary N) is 1. The second kappa shape index (κ2) is 2.10. The van der Waals surface area contributed by atoms with Crippen LogP contribution in [-0.2, 0) is 0 Å². The molecule has 0 unspecified atom stereocenters. The maximum atomic E-state index is 10.4. The lowest BCUT2D eigenvalue weighted by Crippen LogP contribution is -2.09. The van der Waals surface area contributed by atoms with Crippen molar-refractivity contribution in [3.63, 3.8) is 0 Å². The molecule has 0 aromatic carbocycles. The van der Waals surface area contributed by atoms with Gasteiger partial charge in [0.1, 0.15) is 4.88 Å². The van der Waals surface area contributed by atoms with E-state index in [1.807, 2.05) is 0 Å². The van der Waals surface area contributed by atoms with Crippen LogP contribution in [0.5, 0.6) is 0 Å². The smallest absolute Gasteiger partial charge is 0.262 e. The zero-order valence-corrected chi connectivity index (χ0v) is 5.60. The number of amides is 1. The van der Waals surface area contributed by atoms with Crippen LogP contribution in [0.2, 0.25) is 0 Å². The molecule has 0 aliphatic rings. The van der Waals surface area contributed by atoms with Gasteiger partial charge >= 0.3 is 0 Å². The highest BCUT2D eigenvalue weighted by Gasteiger charge is 2.07. The topological polar surface area (TPSA) is 68.9 Å². The molecule has 9 heavy (non-hydrogen) atoms. The fourth-order valence-electron chi connectivity index (χ4n) is 0.457. The highest BCUT2D eigenvalue weighted by molar-refractivity contribution is 7.07. The van der Waals surface area contributed by atoms with E-state index in [9.17, 15) is 4.79 Å². The van der Waals surface area contributed by atoms with E-state index >= 15 is 0 Å². The van der Waals surface area contributed by atoms with E-state index in [4.69, 9.17) is 5.73 Å². The van der Waals surface area contributed by atoms with Crippen molar-refractivity contribution >= 4 is 17.4 Å². The molecular weight excluding hydrogens is 138 g/mol. The Bertz CT molecular complexity index is 231. The number of hydrogen-bond donors (Lipinski definition) is 1. The third kappa shape index (κ3) is 1.05. The Morgan fingerprint density at radius 1 is 1.78 bits per heavy atom. The average Bonchev–Trinajstić information content (AvgIpc) is 2.13. The van der Waals surface area contributed by atoms with E-state index in [1.165, 1.54) is 0 Å². The van der Waals surface area contributed by atoms with Crippen LogP contribution in [0.4, 0.5) is 0 Å². The van der Waals surface area contributed by atoms with Crippen molar-refractivity contribution in [2.24, 2.45) is 5.73 Å². The standard InChI is InChI=1S/C4H5N3OS/c1-2-3(4(5)8)9-7-6-2/h1H3,(H2,5,8). The van der Waals surface area contributed by atoms with Gasteiger partial charge < -0.3 is 5.73 Å². The maximum absolute atomic E-state index is 10.4. The molecule has 1 amide bonds. The molecule has 0 fully saturated rings. The van der Waals surface area contributed by atoms with Crippen LogP contribution in [0.25, 0.3) is 0 Å². The summed E-state index contributed by atoms with van der Waals surface area (Å²) in [5.74, 6) is -0.456. The molecule has 0 atom stereocenters. The van der Waals surface area contributed by atoms with Crippen LogP contribution in [0, 0.1) is 6.92 Å². The SMILES string of the molecule is Cc1nnsc1C(N)=O. The molecule has 4 nitrogen and oxygen atoms in total. The number of rotatable bonds is 1. The highest BCUT2D eigenvalue weighted by atomic mass is 32.1. The lowest BCUT2D eigenvalue weighted by molar-refractivity contribution is 0.100. The van der Waals surface area contributed by atoms with Gasteiger partial charge in [-0.1, -0.05) is 4.49 Å². The molecule has 1 rings (SSSR count). The van der Waals surface area contributed by atoms with Crippen LogP contribution < -0.4 is 5.73 Å². The van der Waals surface area contributed by atoms with Gasteiger partial charge in [-0.3, -0.25) is 4.79 Å². The summed E-state index contributed by atoms with van der Waals surface area (Å²) in [6, 6.07) is 0. The van der Waals surface area contributed by atoms with Crippen molar-refractivity contribution in [2.45, 2.75) is 6.92 Å². The Kier molecular flexibility index (Phi) is 1.44. The first-order chi connectivity index (χ1) is 4.22. The number of aryl methyl sites for hydroxylation is 1. The predicted octanol–water partition coefficient (Wildman–Crippen LogP) is -0.0546. The minimum absolute atomic E-state index is 0.440. The molecule has 1 heterocycles. The number of carbonyl (C=O) groups is 1. The quantitative estimate of drug-likeness (QED) is 0.599. The van der Waals surface area contributed by atoms with Crippen molar-refractivity contribution in [1.29, 1.82) is 0 Å². The summed E-state index contributed by atoms with van der Waals surface area (Å²) in [5, 5.41) is 3.61. The first kappa shape index (κ1) is 6.15. The molecule has 0 saturated carbocycles. The Hall–Kier alpha value is -0.970. The summed E-state index contributed by atoms with van der Waals surface area (Å²) >= 11 is 1.02. The van der Waals surface area contributed by atoms with Crippen molar-refractivity contribution in [1.82, 2.24) is 9.59 Å². The number of carbonyl (C=O) groups excluding carboxylic acids is 1. The normalized spacial score (nSPS) is 9.44. The number of aromatic nitrogens is 2. The van der Waals surface area contributed by atoms with E-state index < -0.39 is 5.91 Å². The summed E-state index contributed by atoms with van der Waals surface area (Å²) in [4.78, 5) is 10.9. The first-order valence-electron chi connectivity index (χ1n) is 2.30. The molecule has 1 aromatic heterocycles. The van der Waals surface area contributed by atoms with Crippen LogP contribution in [0.3, 0.4) is 0 Å². The molecule has 1 aromatic rings. The fourth-order valence-corrected chi connectivity index (χ4v) is 0.965. The molecule has 0 bridgehead atoms. The van der Waals surface area contributed by atoms with Gasteiger partial charge in [-0.05, 0) is 18.5 Å². The first-order valence-corrected chi connectivity index (χ1v) is 3.08. The molecule has 0 radical (unpaired) electrons. The van der Waals surface area contributed by atoms with Crippen LogP contribution in [0.1, 0.15) is 15.4 Å². The summed E-state index contributed by atoms with van der Waals surface area (Å²) in [5.41, 5.74) is 5.55. The molecule has 48 valence electrons. The lowest BCUT2D eigenvalue weighted by atomic mass is 10.4. The lowest BCUT2D eigenvalue weighted by Gasteiger charge is -1.83. The Labute approximate surface area is 55.9 Å². The fraction of sp³-hybridized carbons (Fsp3) is 0.250. The van der Waals surface area contributed by atoms with E-state index in [0.717, 1.165) is 11.5 Å². The summed E-state index contributed by atoms with van der Waals surface area (Å²) in [6.45, 7) is 1.70. The van der Waals surface area contributed by atoms with Crippen molar-refractivity contribution in [3.8, 4) is 0 Å². The predicted molar refractivity (Wildman–Crippen MR) is 33.2 cm³/mol. The van der Waals surface area contributed by atoms with Gasteiger partial charge in [0.15, 0.2) is 0 Å². The van der Waals surface area contributed by atoms with Gasteiger partial charge in [0.05, 0.1) is 5.69 Å². The van der Waals surface area contributed by atoms with E-state index in [0.29, 0.717) is 10.6 Å². The van der Waals surface area contributed by atoms with Crippen LogP contribution in [-0.4, -0.2) is 15.5 Å². The Morgan fingerprint density at radius 3 is 2.67 bits per heavy atom. The minimum Gasteiger partial charge on any atom is -0.365 e. The second-order valence-electron chi connectivity index (χ2n) is 1.55. The Morgan fingerprint density at radius 2 is 2.44 bits per heavy atom. The number of hydrogen-bond acceptors (Lipinski definition) is 4. The highest BCUT2D eigenvalue weighted by Crippen LogP contribution is 2.06. The van der Waals surface area contributed by atoms with Gasteiger partial charge in [-0.25, -0.2) is 0 Å². The van der Waals surface area contributed by atoms with Crippen molar-refractivity contribution in [2.75, 3.05) is 0 Å². The third-order valence-electron chi connectivity index (χ3n) is 0.875. The number of nitrogens with zero attached hydrogens (tertiary/aromatic N) is 2. The average molecular weight is 143 g/mol. The van der Waals surface area contributed by atoms with E-state index in [1.54, 1.807) is 6.92 Å². The van der Waals surface area contributed by atoms with Gasteiger partial charge in [0.2, 0.25) is 0 Å². The Balaban J connectivity index is 3.08. The summed E-state index contributed by atoms with van der Waals surface area (Å²) < 4.78 is 3.53. The van der Waals surface area contributed by atoms with Gasteiger partial charge in [0, 0.05) is 0 Å². The molecule has 2 N–H and O–H groups in total. The maximum Gasteiger partial charge on any atom is 0.262 e. The summed E-state index contributed by atoms with van der Waals surface area (Å²) in [7, 11) is 0. The molecule has 0 aliphatic heterocycles. The molecule has 0 saturated heterocycles. The van der Waals surface area contributed by atoms with Crippen molar-refractivity contribution in [3.05, 3.63) is 10.6 Å². The molecular formula is C4H5N3OS. The second-order valence-corrected chi connectivity index (χ2v) is 2.31. The monoisotopic (exact) mass is 143 g/mol. The largest absolute Gasteiger partial charge is 0.365 e. The van der Waals surface area contributed by atoms with Crippen molar-refractivity contribution < 1.29 is 4.79 Å². The molecule has 0 spiro atoms. The van der Waals surface area contributed by atoms with Crippen LogP contribution in [0.15, 0.2) is 0 Å². The zero-order valence-electron chi connectivity index (χ0n) is 4.79. The van der Waals surface area contributed by atoms with E-state index in [-0.39, 0.29) is 0 Å². The van der Waals surface area contributed by atoms with Gasteiger partial charge in [0.25, 0.3) is 5.91 Å². The molecule has 0 aliphatic carbocycles. The number of primary amides is 1. The van der Waals surface area contributed by atoms with Gasteiger partial charge in [-0.15, -0.1) is 5.10 Å². The minimum atomic E-state index is -0.456. The molecule has 5 heteroatoms. The third-order valence-corrected chi connectivity index (χ3v) is 1.72. The van der Waals surface area contributed by atoms with Crippen LogP contribution >= 0.6 is 11.5 Å². The summed E-state index contributed by atoms with van der Waals surface area (Å²) in [6.07, 6.45) is 0.